The van der Waals surface area contributed by atoms with Crippen LogP contribution in [0.15, 0.2) is 24.3 Å². The number of methoxy groups -OCH3 is 1. The number of carbonyl (C=O) groups is 2. The van der Waals surface area contributed by atoms with E-state index in [0.29, 0.717) is 6.42 Å². The Kier molecular flexibility index (Phi) is 4.02. The number of hydrogen-bond acceptors (Lipinski definition) is 3. The normalized spacial score (nSPS) is 11.2. The van der Waals surface area contributed by atoms with Gasteiger partial charge in [-0.15, -0.1) is 0 Å². The van der Waals surface area contributed by atoms with Crippen LogP contribution in [0.4, 0.5) is 0 Å². The smallest absolute Gasteiger partial charge is 0.377 e. The van der Waals surface area contributed by atoms with E-state index in [1.165, 1.54) is 12.1 Å². The molecule has 0 aromatic heterocycles. The molecule has 0 aliphatic rings. The molecule has 0 saturated carbocycles. The van der Waals surface area contributed by atoms with Gasteiger partial charge < -0.3 is 9.84 Å². The van der Waals surface area contributed by atoms with Crippen LogP contribution in [-0.4, -0.2) is 29.6 Å². The molecule has 0 unspecified atom stereocenters. The molecule has 0 aliphatic heterocycles. The highest BCUT2D eigenvalue weighted by Gasteiger charge is 2.18. The van der Waals surface area contributed by atoms with Gasteiger partial charge in [0.15, 0.2) is 0 Å². The van der Waals surface area contributed by atoms with Crippen molar-refractivity contribution in [2.75, 3.05) is 7.11 Å². The number of carboxylic acids is 1. The summed E-state index contributed by atoms with van der Waals surface area (Å²) in [7, 11) is 1.64. The Balaban J connectivity index is 2.82. The quantitative estimate of drug-likeness (QED) is 0.626. The van der Waals surface area contributed by atoms with Crippen molar-refractivity contribution in [2.45, 2.75) is 25.9 Å². The summed E-state index contributed by atoms with van der Waals surface area (Å²) in [6, 6.07) is 6.54. The molecule has 4 nitrogen and oxygen atoms in total. The summed E-state index contributed by atoms with van der Waals surface area (Å²) in [4.78, 5) is 21.7. The fraction of sp³-hybridized carbons (Fsp3) is 0.385. The van der Waals surface area contributed by atoms with Crippen molar-refractivity contribution in [1.29, 1.82) is 0 Å². The van der Waals surface area contributed by atoms with Crippen molar-refractivity contribution in [3.8, 4) is 0 Å². The fourth-order valence-corrected chi connectivity index (χ4v) is 1.46. The van der Waals surface area contributed by atoms with Crippen LogP contribution in [0.25, 0.3) is 0 Å². The van der Waals surface area contributed by atoms with Gasteiger partial charge in [-0.2, -0.15) is 0 Å². The minimum Gasteiger partial charge on any atom is -0.475 e. The number of rotatable bonds is 5. The van der Waals surface area contributed by atoms with E-state index in [9.17, 15) is 9.59 Å². The lowest BCUT2D eigenvalue weighted by Crippen LogP contribution is -2.25. The summed E-state index contributed by atoms with van der Waals surface area (Å²) in [6.45, 7) is 3.92. The molecule has 4 heteroatoms. The summed E-state index contributed by atoms with van der Waals surface area (Å²) in [5.74, 6) is -2.32. The van der Waals surface area contributed by atoms with Gasteiger partial charge >= 0.3 is 5.97 Å². The van der Waals surface area contributed by atoms with Gasteiger partial charge in [-0.1, -0.05) is 24.3 Å². The minimum absolute atomic E-state index is 0.191. The van der Waals surface area contributed by atoms with Gasteiger partial charge in [0.25, 0.3) is 5.78 Å². The van der Waals surface area contributed by atoms with E-state index in [-0.39, 0.29) is 11.2 Å². The first kappa shape index (κ1) is 13.4. The monoisotopic (exact) mass is 236 g/mol. The van der Waals surface area contributed by atoms with Crippen molar-refractivity contribution in [3.63, 3.8) is 0 Å². The first-order chi connectivity index (χ1) is 7.85. The number of ketones is 1. The number of benzene rings is 1. The third kappa shape index (κ3) is 3.67. The summed E-state index contributed by atoms with van der Waals surface area (Å²) in [5, 5.41) is 8.56. The van der Waals surface area contributed by atoms with Gasteiger partial charge in [0.1, 0.15) is 0 Å². The molecule has 0 atom stereocenters. The SMILES string of the molecule is COC(C)(C)Cc1ccc(C(=O)C(=O)O)cc1. The second-order valence-electron chi connectivity index (χ2n) is 4.47. The number of ether oxygens (including phenoxy) is 1. The fourth-order valence-electron chi connectivity index (χ4n) is 1.46. The zero-order valence-corrected chi connectivity index (χ0v) is 10.2. The van der Waals surface area contributed by atoms with Crippen molar-refractivity contribution in [1.82, 2.24) is 0 Å². The summed E-state index contributed by atoms with van der Waals surface area (Å²) in [6.07, 6.45) is 0.699. The predicted molar refractivity (Wildman–Crippen MR) is 63.2 cm³/mol. The molecular formula is C13H16O4. The van der Waals surface area contributed by atoms with E-state index in [0.717, 1.165) is 5.56 Å². The van der Waals surface area contributed by atoms with Crippen LogP contribution >= 0.6 is 0 Å². The summed E-state index contributed by atoms with van der Waals surface area (Å²) < 4.78 is 5.30. The first-order valence-electron chi connectivity index (χ1n) is 5.27. The van der Waals surface area contributed by atoms with Gasteiger partial charge in [0.05, 0.1) is 5.60 Å². The van der Waals surface area contributed by atoms with Crippen molar-refractivity contribution in [3.05, 3.63) is 35.4 Å². The molecular weight excluding hydrogens is 220 g/mol. The van der Waals surface area contributed by atoms with Crippen LogP contribution in [0, 0.1) is 0 Å². The maximum absolute atomic E-state index is 11.2. The highest BCUT2D eigenvalue weighted by Crippen LogP contribution is 2.16. The number of Topliss-reactive ketones (excluding diaryl/α,β-unsaturated/α-hetero) is 1. The third-order valence-corrected chi connectivity index (χ3v) is 2.59. The number of carbonyl (C=O) groups excluding carboxylic acids is 1. The van der Waals surface area contributed by atoms with Crippen LogP contribution in [0.3, 0.4) is 0 Å². The van der Waals surface area contributed by atoms with E-state index in [4.69, 9.17) is 9.84 Å². The molecule has 0 amide bonds. The maximum atomic E-state index is 11.2. The van der Waals surface area contributed by atoms with Crippen molar-refractivity contribution in [2.24, 2.45) is 0 Å². The van der Waals surface area contributed by atoms with Crippen molar-refractivity contribution >= 4 is 11.8 Å². The molecule has 17 heavy (non-hydrogen) atoms. The van der Waals surface area contributed by atoms with Gasteiger partial charge in [-0.25, -0.2) is 4.79 Å². The lowest BCUT2D eigenvalue weighted by molar-refractivity contribution is -0.131. The van der Waals surface area contributed by atoms with Crippen LogP contribution in [0.5, 0.6) is 0 Å². The summed E-state index contributed by atoms with van der Waals surface area (Å²) >= 11 is 0. The van der Waals surface area contributed by atoms with E-state index >= 15 is 0 Å². The Bertz CT molecular complexity index is 418. The molecule has 1 rings (SSSR count). The van der Waals surface area contributed by atoms with Gasteiger partial charge in [-0.3, -0.25) is 4.79 Å². The zero-order chi connectivity index (χ0) is 13.1. The van der Waals surface area contributed by atoms with E-state index in [1.807, 2.05) is 13.8 Å². The lowest BCUT2D eigenvalue weighted by Gasteiger charge is -2.22. The van der Waals surface area contributed by atoms with E-state index < -0.39 is 11.8 Å². The second-order valence-corrected chi connectivity index (χ2v) is 4.47. The average molecular weight is 236 g/mol. The standard InChI is InChI=1S/C13H16O4/c1-13(2,17-3)8-9-4-6-10(7-5-9)11(14)12(15)16/h4-7H,8H2,1-3H3,(H,15,16). The molecule has 1 aromatic carbocycles. The molecule has 0 bridgehead atoms. The topological polar surface area (TPSA) is 63.6 Å². The largest absolute Gasteiger partial charge is 0.475 e. The zero-order valence-electron chi connectivity index (χ0n) is 10.2. The first-order valence-corrected chi connectivity index (χ1v) is 5.27. The molecule has 0 saturated heterocycles. The molecule has 0 heterocycles. The summed E-state index contributed by atoms with van der Waals surface area (Å²) in [5.41, 5.74) is 0.911. The van der Waals surface area contributed by atoms with Crippen LogP contribution in [-0.2, 0) is 16.0 Å². The van der Waals surface area contributed by atoms with Crippen LogP contribution in [0.1, 0.15) is 29.8 Å². The second kappa shape index (κ2) is 5.10. The third-order valence-electron chi connectivity index (χ3n) is 2.59. The Hall–Kier alpha value is -1.68. The van der Waals surface area contributed by atoms with Crippen molar-refractivity contribution < 1.29 is 19.4 Å². The van der Waals surface area contributed by atoms with Gasteiger partial charge in [0.2, 0.25) is 0 Å². The van der Waals surface area contributed by atoms with E-state index in [1.54, 1.807) is 19.2 Å². The average Bonchev–Trinajstić information content (AvgIpc) is 2.28. The predicted octanol–water partition coefficient (Wildman–Crippen LogP) is 1.92. The van der Waals surface area contributed by atoms with Gasteiger partial charge in [-0.05, 0) is 19.4 Å². The van der Waals surface area contributed by atoms with Crippen LogP contribution < -0.4 is 0 Å². The Morgan fingerprint density at radius 1 is 1.24 bits per heavy atom. The molecule has 0 aliphatic carbocycles. The maximum Gasteiger partial charge on any atom is 0.377 e. The Morgan fingerprint density at radius 3 is 2.18 bits per heavy atom. The van der Waals surface area contributed by atoms with Gasteiger partial charge in [0, 0.05) is 19.1 Å². The molecule has 0 radical (unpaired) electrons. The minimum atomic E-state index is -1.44. The Morgan fingerprint density at radius 2 is 1.76 bits per heavy atom. The molecule has 0 fully saturated rings. The highest BCUT2D eigenvalue weighted by molar-refractivity contribution is 6.39. The highest BCUT2D eigenvalue weighted by atomic mass is 16.5. The number of hydrogen-bond donors (Lipinski definition) is 1. The molecule has 1 N–H and O–H groups in total. The Labute approximate surface area is 100 Å². The molecule has 92 valence electrons. The van der Waals surface area contributed by atoms with E-state index in [2.05, 4.69) is 0 Å². The van der Waals surface area contributed by atoms with Crippen LogP contribution in [0.2, 0.25) is 0 Å². The lowest BCUT2D eigenvalue weighted by atomic mass is 9.97. The molecule has 0 spiro atoms. The number of aliphatic carboxylic acids is 1. The molecule has 1 aromatic rings. The number of carboxylic acid groups (broad SMARTS) is 1.